The highest BCUT2D eigenvalue weighted by atomic mass is 19.1. The molecule has 0 aromatic heterocycles. The average Bonchev–Trinajstić information content (AvgIpc) is 2.08. The summed E-state index contributed by atoms with van der Waals surface area (Å²) in [5.41, 5.74) is 1.21. The summed E-state index contributed by atoms with van der Waals surface area (Å²) in [7, 11) is 0. The molecule has 0 saturated heterocycles. The summed E-state index contributed by atoms with van der Waals surface area (Å²) in [6.07, 6.45) is 1.13. The van der Waals surface area contributed by atoms with Crippen molar-refractivity contribution >= 4 is 6.21 Å². The Hall–Kier alpha value is -1.38. The van der Waals surface area contributed by atoms with Gasteiger partial charge in [-0.05, 0) is 17.5 Å². The zero-order valence-corrected chi connectivity index (χ0v) is 7.66. The molecule has 0 aliphatic heterocycles. The minimum absolute atomic E-state index is 0.212. The molecule has 0 atom stereocenters. The monoisotopic (exact) mass is 181 g/mol. The van der Waals surface area contributed by atoms with E-state index >= 15 is 0 Å². The van der Waals surface area contributed by atoms with Crippen molar-refractivity contribution < 1.29 is 9.60 Å². The van der Waals surface area contributed by atoms with Gasteiger partial charge in [0, 0.05) is 5.56 Å². The first-order chi connectivity index (χ1) is 6.16. The Labute approximate surface area is 76.7 Å². The number of hydrogen-bond acceptors (Lipinski definition) is 2. The van der Waals surface area contributed by atoms with E-state index in [4.69, 9.17) is 5.21 Å². The maximum atomic E-state index is 13.2. The Morgan fingerprint density at radius 3 is 2.69 bits per heavy atom. The topological polar surface area (TPSA) is 32.6 Å². The van der Waals surface area contributed by atoms with E-state index in [0.29, 0.717) is 5.56 Å². The number of halogens is 1. The van der Waals surface area contributed by atoms with Crippen LogP contribution in [0.25, 0.3) is 0 Å². The molecule has 0 fully saturated rings. The fourth-order valence-corrected chi connectivity index (χ4v) is 1.25. The highest BCUT2D eigenvalue weighted by Gasteiger charge is 2.08. The molecule has 0 aliphatic rings. The fourth-order valence-electron chi connectivity index (χ4n) is 1.25. The van der Waals surface area contributed by atoms with E-state index in [1.807, 2.05) is 19.9 Å². The minimum atomic E-state index is -0.357. The predicted molar refractivity (Wildman–Crippen MR) is 49.9 cm³/mol. The van der Waals surface area contributed by atoms with Crippen molar-refractivity contribution in [1.82, 2.24) is 0 Å². The van der Waals surface area contributed by atoms with Gasteiger partial charge in [0.05, 0.1) is 6.21 Å². The third kappa shape index (κ3) is 2.05. The lowest BCUT2D eigenvalue weighted by atomic mass is 9.97. The SMILES string of the molecule is CC(C)c1cccc(F)c1C=NO. The molecule has 0 spiro atoms. The summed E-state index contributed by atoms with van der Waals surface area (Å²) < 4.78 is 13.2. The number of rotatable bonds is 2. The Kier molecular flexibility index (Phi) is 3.01. The van der Waals surface area contributed by atoms with Crippen LogP contribution >= 0.6 is 0 Å². The molecular weight excluding hydrogens is 169 g/mol. The van der Waals surface area contributed by atoms with Crippen molar-refractivity contribution in [3.8, 4) is 0 Å². The molecule has 2 nitrogen and oxygen atoms in total. The molecule has 0 aliphatic carbocycles. The summed E-state index contributed by atoms with van der Waals surface area (Å²) >= 11 is 0. The molecular formula is C10H12FNO. The lowest BCUT2D eigenvalue weighted by Crippen LogP contribution is -1.98. The molecule has 0 saturated carbocycles. The van der Waals surface area contributed by atoms with Crippen molar-refractivity contribution in [1.29, 1.82) is 0 Å². The van der Waals surface area contributed by atoms with E-state index in [1.54, 1.807) is 6.07 Å². The van der Waals surface area contributed by atoms with Gasteiger partial charge in [-0.3, -0.25) is 0 Å². The van der Waals surface area contributed by atoms with Crippen LogP contribution in [0.1, 0.15) is 30.9 Å². The van der Waals surface area contributed by atoms with Crippen LogP contribution in [0.4, 0.5) is 4.39 Å². The van der Waals surface area contributed by atoms with E-state index in [9.17, 15) is 4.39 Å². The standard InChI is InChI=1S/C10H12FNO/c1-7(2)8-4-3-5-10(11)9(8)6-12-13/h3-7,13H,1-2H3. The van der Waals surface area contributed by atoms with Gasteiger partial charge in [-0.25, -0.2) is 4.39 Å². The van der Waals surface area contributed by atoms with Crippen LogP contribution in [0, 0.1) is 5.82 Å². The van der Waals surface area contributed by atoms with Gasteiger partial charge in [0.2, 0.25) is 0 Å². The number of oxime groups is 1. The fraction of sp³-hybridized carbons (Fsp3) is 0.300. The second kappa shape index (κ2) is 4.03. The lowest BCUT2D eigenvalue weighted by molar-refractivity contribution is 0.321. The highest BCUT2D eigenvalue weighted by Crippen LogP contribution is 2.20. The zero-order chi connectivity index (χ0) is 9.84. The number of hydrogen-bond donors (Lipinski definition) is 1. The first kappa shape index (κ1) is 9.71. The van der Waals surface area contributed by atoms with Gasteiger partial charge in [-0.2, -0.15) is 0 Å². The maximum absolute atomic E-state index is 13.2. The van der Waals surface area contributed by atoms with Crippen molar-refractivity contribution in [3.05, 3.63) is 35.1 Å². The third-order valence-electron chi connectivity index (χ3n) is 1.90. The molecule has 0 bridgehead atoms. The molecule has 0 heterocycles. The largest absolute Gasteiger partial charge is 0.411 e. The van der Waals surface area contributed by atoms with Crippen LogP contribution in [-0.4, -0.2) is 11.4 Å². The average molecular weight is 181 g/mol. The third-order valence-corrected chi connectivity index (χ3v) is 1.90. The van der Waals surface area contributed by atoms with Gasteiger partial charge in [0.15, 0.2) is 0 Å². The smallest absolute Gasteiger partial charge is 0.132 e. The van der Waals surface area contributed by atoms with Gasteiger partial charge in [-0.15, -0.1) is 0 Å². The van der Waals surface area contributed by atoms with Crippen LogP contribution in [-0.2, 0) is 0 Å². The van der Waals surface area contributed by atoms with Crippen LogP contribution < -0.4 is 0 Å². The molecule has 70 valence electrons. The van der Waals surface area contributed by atoms with Gasteiger partial charge in [0.1, 0.15) is 5.82 Å². The van der Waals surface area contributed by atoms with E-state index in [1.165, 1.54) is 6.07 Å². The Bertz CT molecular complexity index is 321. The second-order valence-electron chi connectivity index (χ2n) is 3.14. The van der Waals surface area contributed by atoms with Crippen molar-refractivity contribution in [2.24, 2.45) is 5.16 Å². The maximum Gasteiger partial charge on any atom is 0.132 e. The highest BCUT2D eigenvalue weighted by molar-refractivity contribution is 5.81. The Balaban J connectivity index is 3.25. The normalized spacial score (nSPS) is 11.4. The molecule has 3 heteroatoms. The van der Waals surface area contributed by atoms with Gasteiger partial charge in [0.25, 0.3) is 0 Å². The van der Waals surface area contributed by atoms with Gasteiger partial charge in [-0.1, -0.05) is 31.1 Å². The Morgan fingerprint density at radius 1 is 1.46 bits per heavy atom. The molecule has 0 radical (unpaired) electrons. The molecule has 1 aromatic carbocycles. The molecule has 1 N–H and O–H groups in total. The number of nitrogens with zero attached hydrogens (tertiary/aromatic N) is 1. The summed E-state index contributed by atoms with van der Waals surface area (Å²) in [4.78, 5) is 0. The van der Waals surface area contributed by atoms with E-state index in [2.05, 4.69) is 5.16 Å². The molecule has 0 amide bonds. The first-order valence-corrected chi connectivity index (χ1v) is 4.12. The molecule has 1 rings (SSSR count). The van der Waals surface area contributed by atoms with Crippen molar-refractivity contribution in [2.75, 3.05) is 0 Å². The summed E-state index contributed by atoms with van der Waals surface area (Å²) in [5, 5.41) is 11.2. The van der Waals surface area contributed by atoms with Gasteiger partial charge >= 0.3 is 0 Å². The Morgan fingerprint density at radius 2 is 2.15 bits per heavy atom. The van der Waals surface area contributed by atoms with Crippen LogP contribution in [0.3, 0.4) is 0 Å². The predicted octanol–water partition coefficient (Wildman–Crippen LogP) is 2.76. The number of benzene rings is 1. The van der Waals surface area contributed by atoms with Gasteiger partial charge < -0.3 is 5.21 Å². The van der Waals surface area contributed by atoms with E-state index in [0.717, 1.165) is 11.8 Å². The molecule has 1 aromatic rings. The lowest BCUT2D eigenvalue weighted by Gasteiger charge is -2.09. The van der Waals surface area contributed by atoms with E-state index in [-0.39, 0.29) is 11.7 Å². The molecule has 13 heavy (non-hydrogen) atoms. The van der Waals surface area contributed by atoms with Crippen LogP contribution in [0.2, 0.25) is 0 Å². The molecule has 0 unspecified atom stereocenters. The minimum Gasteiger partial charge on any atom is -0.411 e. The second-order valence-corrected chi connectivity index (χ2v) is 3.14. The summed E-state index contributed by atoms with van der Waals surface area (Å²) in [6.45, 7) is 3.92. The first-order valence-electron chi connectivity index (χ1n) is 4.12. The van der Waals surface area contributed by atoms with Crippen molar-refractivity contribution in [3.63, 3.8) is 0 Å². The van der Waals surface area contributed by atoms with Crippen LogP contribution in [0.5, 0.6) is 0 Å². The summed E-state index contributed by atoms with van der Waals surface area (Å²) in [5.74, 6) is -0.146. The quantitative estimate of drug-likeness (QED) is 0.424. The van der Waals surface area contributed by atoms with E-state index < -0.39 is 0 Å². The zero-order valence-electron chi connectivity index (χ0n) is 7.66. The summed E-state index contributed by atoms with van der Waals surface area (Å²) in [6, 6.07) is 4.83. The van der Waals surface area contributed by atoms with Crippen molar-refractivity contribution in [2.45, 2.75) is 19.8 Å². The van der Waals surface area contributed by atoms with Crippen LogP contribution in [0.15, 0.2) is 23.4 Å².